The van der Waals surface area contributed by atoms with E-state index in [4.69, 9.17) is 14.9 Å². The Hall–Kier alpha value is -1.10. The van der Waals surface area contributed by atoms with E-state index < -0.39 is 0 Å². The largest absolute Gasteiger partial charge is 0.462 e. The van der Waals surface area contributed by atoms with E-state index in [1.807, 2.05) is 37.3 Å². The average molecular weight is 310 g/mol. The smallest absolute Gasteiger partial charge is 0.129 e. The number of nitrogens with two attached hydrogens (primary N) is 1. The molecule has 0 aliphatic rings. The Morgan fingerprint density at radius 3 is 2.78 bits per heavy atom. The Bertz CT molecular complexity index is 536. The van der Waals surface area contributed by atoms with Crippen LogP contribution >= 0.6 is 15.9 Å². The Morgan fingerprint density at radius 2 is 2.11 bits per heavy atom. The first-order chi connectivity index (χ1) is 8.61. The summed E-state index contributed by atoms with van der Waals surface area (Å²) in [6, 6.07) is 9.62. The highest BCUT2D eigenvalue weighted by Gasteiger charge is 2.16. The number of aryl methyl sites for hydroxylation is 1. The van der Waals surface area contributed by atoms with E-state index in [0.717, 1.165) is 21.6 Å². The molecule has 1 unspecified atom stereocenters. The molecule has 0 fully saturated rings. The molecule has 0 aliphatic heterocycles. The molecule has 0 saturated heterocycles. The van der Waals surface area contributed by atoms with E-state index in [2.05, 4.69) is 15.9 Å². The van der Waals surface area contributed by atoms with E-state index in [9.17, 15) is 0 Å². The maximum atomic E-state index is 6.21. The van der Waals surface area contributed by atoms with Gasteiger partial charge >= 0.3 is 0 Å². The molecule has 0 saturated carbocycles. The van der Waals surface area contributed by atoms with Gasteiger partial charge in [0.2, 0.25) is 0 Å². The van der Waals surface area contributed by atoms with Gasteiger partial charge in [-0.05, 0) is 36.2 Å². The van der Waals surface area contributed by atoms with Crippen molar-refractivity contribution in [1.29, 1.82) is 0 Å². The van der Waals surface area contributed by atoms with Crippen LogP contribution in [0.1, 0.15) is 28.7 Å². The van der Waals surface area contributed by atoms with Gasteiger partial charge in [-0.15, -0.1) is 0 Å². The van der Waals surface area contributed by atoms with E-state index in [1.54, 1.807) is 7.11 Å². The summed E-state index contributed by atoms with van der Waals surface area (Å²) in [7, 11) is 1.64. The molecule has 2 rings (SSSR count). The molecule has 1 atom stereocenters. The molecule has 1 heterocycles. The van der Waals surface area contributed by atoms with Crippen LogP contribution in [0.2, 0.25) is 0 Å². The van der Waals surface area contributed by atoms with Crippen LogP contribution in [0.5, 0.6) is 0 Å². The summed E-state index contributed by atoms with van der Waals surface area (Å²) < 4.78 is 11.7. The monoisotopic (exact) mass is 309 g/mol. The molecule has 2 N–H and O–H groups in total. The van der Waals surface area contributed by atoms with Crippen molar-refractivity contribution in [2.75, 3.05) is 7.11 Å². The highest BCUT2D eigenvalue weighted by molar-refractivity contribution is 9.10. The van der Waals surface area contributed by atoms with E-state index in [1.165, 1.54) is 5.56 Å². The van der Waals surface area contributed by atoms with Gasteiger partial charge in [0.05, 0.1) is 6.04 Å². The highest BCUT2D eigenvalue weighted by atomic mass is 79.9. The van der Waals surface area contributed by atoms with Gasteiger partial charge in [0.15, 0.2) is 0 Å². The van der Waals surface area contributed by atoms with Crippen LogP contribution in [0.15, 0.2) is 39.2 Å². The Labute approximate surface area is 115 Å². The summed E-state index contributed by atoms with van der Waals surface area (Å²) in [5.41, 5.74) is 8.42. The molecule has 0 bridgehead atoms. The van der Waals surface area contributed by atoms with E-state index in [-0.39, 0.29) is 6.04 Å². The number of hydrogen-bond donors (Lipinski definition) is 1. The lowest BCUT2D eigenvalue weighted by molar-refractivity contribution is 0.162. The second-order valence-corrected chi connectivity index (χ2v) is 5.09. The first-order valence-electron chi connectivity index (χ1n) is 5.71. The van der Waals surface area contributed by atoms with Crippen LogP contribution in [0, 0.1) is 6.92 Å². The minimum Gasteiger partial charge on any atom is -0.462 e. The molecule has 96 valence electrons. The molecule has 18 heavy (non-hydrogen) atoms. The lowest BCUT2D eigenvalue weighted by Crippen LogP contribution is -2.11. The minimum absolute atomic E-state index is 0.273. The molecule has 4 heteroatoms. The molecule has 3 nitrogen and oxygen atoms in total. The maximum absolute atomic E-state index is 6.21. The van der Waals surface area contributed by atoms with Crippen molar-refractivity contribution in [3.05, 3.63) is 57.5 Å². The highest BCUT2D eigenvalue weighted by Crippen LogP contribution is 2.28. The van der Waals surface area contributed by atoms with Gasteiger partial charge in [-0.3, -0.25) is 0 Å². The standard InChI is InChI=1S/C14H16BrNO2/c1-9-3-5-11(12(15)7-9)14(16)13-6-4-10(18-13)8-17-2/h3-7,14H,8,16H2,1-2H3. The first-order valence-corrected chi connectivity index (χ1v) is 6.50. The summed E-state index contributed by atoms with van der Waals surface area (Å²) in [4.78, 5) is 0. The first kappa shape index (κ1) is 13.3. The number of hydrogen-bond acceptors (Lipinski definition) is 3. The molecule has 0 amide bonds. The number of benzene rings is 1. The molecule has 0 aliphatic carbocycles. The topological polar surface area (TPSA) is 48.4 Å². The number of methoxy groups -OCH3 is 1. The van der Waals surface area contributed by atoms with Crippen molar-refractivity contribution < 1.29 is 9.15 Å². The quantitative estimate of drug-likeness (QED) is 0.939. The van der Waals surface area contributed by atoms with E-state index >= 15 is 0 Å². The molecule has 0 radical (unpaired) electrons. The number of ether oxygens (including phenoxy) is 1. The fourth-order valence-electron chi connectivity index (χ4n) is 1.82. The summed E-state index contributed by atoms with van der Waals surface area (Å²) in [5.74, 6) is 1.53. The zero-order valence-corrected chi connectivity index (χ0v) is 12.0. The van der Waals surface area contributed by atoms with Crippen molar-refractivity contribution in [2.24, 2.45) is 5.73 Å². The van der Waals surface area contributed by atoms with E-state index in [0.29, 0.717) is 6.61 Å². The number of furan rings is 1. The zero-order chi connectivity index (χ0) is 13.1. The average Bonchev–Trinajstić information content (AvgIpc) is 2.77. The van der Waals surface area contributed by atoms with Gasteiger partial charge in [-0.1, -0.05) is 28.1 Å². The third-order valence-corrected chi connectivity index (χ3v) is 3.45. The fraction of sp³-hybridized carbons (Fsp3) is 0.286. The van der Waals surface area contributed by atoms with Gasteiger partial charge in [0.1, 0.15) is 18.1 Å². The molecular weight excluding hydrogens is 294 g/mol. The van der Waals surface area contributed by atoms with Gasteiger partial charge in [-0.2, -0.15) is 0 Å². The predicted molar refractivity (Wildman–Crippen MR) is 74.3 cm³/mol. The molecule has 1 aromatic carbocycles. The third kappa shape index (κ3) is 2.83. The van der Waals surface area contributed by atoms with Crippen LogP contribution < -0.4 is 5.73 Å². The van der Waals surface area contributed by atoms with Crippen molar-refractivity contribution in [3.63, 3.8) is 0 Å². The normalized spacial score (nSPS) is 12.7. The van der Waals surface area contributed by atoms with Gasteiger partial charge in [0, 0.05) is 11.6 Å². The second-order valence-electron chi connectivity index (χ2n) is 4.24. The van der Waals surface area contributed by atoms with Crippen molar-refractivity contribution >= 4 is 15.9 Å². The van der Waals surface area contributed by atoms with Crippen LogP contribution in [0.3, 0.4) is 0 Å². The lowest BCUT2D eigenvalue weighted by atomic mass is 10.0. The zero-order valence-electron chi connectivity index (χ0n) is 10.4. The fourth-order valence-corrected chi connectivity index (χ4v) is 2.56. The van der Waals surface area contributed by atoms with Crippen molar-refractivity contribution in [2.45, 2.75) is 19.6 Å². The van der Waals surface area contributed by atoms with Gasteiger partial charge in [0.25, 0.3) is 0 Å². The summed E-state index contributed by atoms with van der Waals surface area (Å²) in [6.07, 6.45) is 0. The Morgan fingerprint density at radius 1 is 1.33 bits per heavy atom. The predicted octanol–water partition coefficient (Wildman–Crippen LogP) is 3.55. The van der Waals surface area contributed by atoms with Crippen molar-refractivity contribution in [3.8, 4) is 0 Å². The Balaban J connectivity index is 2.26. The minimum atomic E-state index is -0.273. The van der Waals surface area contributed by atoms with Crippen LogP contribution in [-0.2, 0) is 11.3 Å². The van der Waals surface area contributed by atoms with Crippen LogP contribution in [0.25, 0.3) is 0 Å². The summed E-state index contributed by atoms with van der Waals surface area (Å²) in [6.45, 7) is 2.51. The molecule has 2 aromatic rings. The Kier molecular flexibility index (Phi) is 4.22. The summed E-state index contributed by atoms with van der Waals surface area (Å²) >= 11 is 3.54. The van der Waals surface area contributed by atoms with Gasteiger partial charge < -0.3 is 14.9 Å². The second kappa shape index (κ2) is 5.69. The number of halogens is 1. The van der Waals surface area contributed by atoms with Gasteiger partial charge in [-0.25, -0.2) is 0 Å². The molecule has 0 spiro atoms. The lowest BCUT2D eigenvalue weighted by Gasteiger charge is -2.12. The molecular formula is C14H16BrNO2. The third-order valence-electron chi connectivity index (χ3n) is 2.77. The SMILES string of the molecule is COCc1ccc(C(N)c2ccc(C)cc2Br)o1. The molecule has 1 aromatic heterocycles. The number of rotatable bonds is 4. The maximum Gasteiger partial charge on any atom is 0.129 e. The van der Waals surface area contributed by atoms with Crippen molar-refractivity contribution in [1.82, 2.24) is 0 Å². The van der Waals surface area contributed by atoms with Crippen LogP contribution in [0.4, 0.5) is 0 Å². The summed E-state index contributed by atoms with van der Waals surface area (Å²) in [5, 5.41) is 0. The van der Waals surface area contributed by atoms with Crippen LogP contribution in [-0.4, -0.2) is 7.11 Å².